The van der Waals surface area contributed by atoms with E-state index in [-0.39, 0.29) is 5.56 Å². The van der Waals surface area contributed by atoms with Gasteiger partial charge in [-0.3, -0.25) is 9.78 Å². The van der Waals surface area contributed by atoms with Crippen molar-refractivity contribution in [3.63, 3.8) is 0 Å². The highest BCUT2D eigenvalue weighted by atomic mass is 127. The molecule has 1 aromatic heterocycles. The molecule has 70 valence electrons. The first-order valence-electron chi connectivity index (χ1n) is 3.18. The lowest BCUT2D eigenvalue weighted by molar-refractivity contribution is 0.111. The van der Waals surface area contributed by atoms with E-state index in [1.165, 1.54) is 0 Å². The predicted molar refractivity (Wildman–Crippen MR) is 49.0 cm³/mol. The molecule has 1 aromatic rings. The fourth-order valence-electron chi connectivity index (χ4n) is 0.780. The van der Waals surface area contributed by atoms with Crippen LogP contribution >= 0.6 is 22.6 Å². The standard InChI is InChI=1S/C7H4F2INO2/c8-7(9)5-6(13)3(2-12)4(10)1-11-5/h1-2,7,13H. The number of carbonyl (C=O) groups is 1. The van der Waals surface area contributed by atoms with Crippen molar-refractivity contribution in [2.45, 2.75) is 6.43 Å². The molecular formula is C7H4F2INO2. The maximum absolute atomic E-state index is 12.1. The Balaban J connectivity index is 3.35. The summed E-state index contributed by atoms with van der Waals surface area (Å²) < 4.78 is 24.6. The highest BCUT2D eigenvalue weighted by molar-refractivity contribution is 14.1. The quantitative estimate of drug-likeness (QED) is 0.672. The molecule has 0 aliphatic rings. The van der Waals surface area contributed by atoms with Crippen LogP contribution in [-0.4, -0.2) is 16.4 Å². The SMILES string of the molecule is O=Cc1c(I)cnc(C(F)F)c1O. The normalized spacial score (nSPS) is 10.5. The summed E-state index contributed by atoms with van der Waals surface area (Å²) in [6, 6.07) is 0. The van der Waals surface area contributed by atoms with E-state index in [9.17, 15) is 13.6 Å². The molecule has 0 atom stereocenters. The lowest BCUT2D eigenvalue weighted by Gasteiger charge is -2.05. The molecule has 0 amide bonds. The van der Waals surface area contributed by atoms with Crippen LogP contribution in [-0.2, 0) is 0 Å². The molecule has 1 N–H and O–H groups in total. The van der Waals surface area contributed by atoms with Crippen molar-refractivity contribution in [2.24, 2.45) is 0 Å². The highest BCUT2D eigenvalue weighted by Gasteiger charge is 2.19. The van der Waals surface area contributed by atoms with Crippen LogP contribution in [0.1, 0.15) is 22.5 Å². The zero-order valence-electron chi connectivity index (χ0n) is 6.17. The van der Waals surface area contributed by atoms with Crippen molar-refractivity contribution >= 4 is 28.9 Å². The Morgan fingerprint density at radius 3 is 2.69 bits per heavy atom. The molecule has 0 spiro atoms. The number of aromatic nitrogens is 1. The van der Waals surface area contributed by atoms with E-state index in [0.29, 0.717) is 9.86 Å². The molecule has 0 unspecified atom stereocenters. The largest absolute Gasteiger partial charge is 0.505 e. The van der Waals surface area contributed by atoms with Gasteiger partial charge in [-0.2, -0.15) is 0 Å². The Morgan fingerprint density at radius 2 is 2.23 bits per heavy atom. The van der Waals surface area contributed by atoms with Gasteiger partial charge in [0.2, 0.25) is 0 Å². The van der Waals surface area contributed by atoms with Crippen LogP contribution < -0.4 is 0 Å². The van der Waals surface area contributed by atoms with Crippen molar-refractivity contribution in [1.29, 1.82) is 0 Å². The number of pyridine rings is 1. The van der Waals surface area contributed by atoms with Crippen molar-refractivity contribution in [2.75, 3.05) is 0 Å². The minimum Gasteiger partial charge on any atom is -0.505 e. The van der Waals surface area contributed by atoms with Crippen LogP contribution in [0.15, 0.2) is 6.20 Å². The summed E-state index contributed by atoms with van der Waals surface area (Å²) in [5.74, 6) is -0.739. The maximum atomic E-state index is 12.1. The van der Waals surface area contributed by atoms with Gasteiger partial charge in [-0.1, -0.05) is 0 Å². The summed E-state index contributed by atoms with van der Waals surface area (Å²) >= 11 is 1.73. The molecular weight excluding hydrogens is 295 g/mol. The minimum atomic E-state index is -2.88. The van der Waals surface area contributed by atoms with Gasteiger partial charge in [0.1, 0.15) is 5.69 Å². The number of nitrogens with zero attached hydrogens (tertiary/aromatic N) is 1. The number of aldehydes is 1. The fraction of sp³-hybridized carbons (Fsp3) is 0.143. The third-order valence-corrected chi connectivity index (χ3v) is 2.26. The second-order valence-electron chi connectivity index (χ2n) is 2.17. The molecule has 0 saturated carbocycles. The van der Waals surface area contributed by atoms with Crippen LogP contribution in [0.2, 0.25) is 0 Å². The van der Waals surface area contributed by atoms with Gasteiger partial charge in [-0.05, 0) is 22.6 Å². The first-order chi connectivity index (χ1) is 6.07. The monoisotopic (exact) mass is 299 g/mol. The lowest BCUT2D eigenvalue weighted by Crippen LogP contribution is -1.97. The summed E-state index contributed by atoms with van der Waals surface area (Å²) in [5, 5.41) is 9.16. The molecule has 0 aliphatic heterocycles. The van der Waals surface area contributed by atoms with Crippen LogP contribution in [0.4, 0.5) is 8.78 Å². The van der Waals surface area contributed by atoms with Crippen LogP contribution in [0, 0.1) is 3.57 Å². The lowest BCUT2D eigenvalue weighted by atomic mass is 10.2. The summed E-state index contributed by atoms with van der Waals surface area (Å²) in [6.07, 6.45) is -1.44. The third-order valence-electron chi connectivity index (χ3n) is 1.40. The second-order valence-corrected chi connectivity index (χ2v) is 3.33. The second kappa shape index (κ2) is 3.95. The molecule has 0 aromatic carbocycles. The Bertz CT molecular complexity index is 344. The van der Waals surface area contributed by atoms with E-state index in [1.807, 2.05) is 0 Å². The summed E-state index contributed by atoms with van der Waals surface area (Å²) in [7, 11) is 0. The van der Waals surface area contributed by atoms with Gasteiger partial charge >= 0.3 is 0 Å². The van der Waals surface area contributed by atoms with E-state index in [0.717, 1.165) is 6.20 Å². The molecule has 3 nitrogen and oxygen atoms in total. The van der Waals surface area contributed by atoms with Crippen molar-refractivity contribution in [1.82, 2.24) is 4.98 Å². The van der Waals surface area contributed by atoms with Crippen molar-refractivity contribution in [3.05, 3.63) is 21.0 Å². The van der Waals surface area contributed by atoms with Gasteiger partial charge < -0.3 is 5.11 Å². The van der Waals surface area contributed by atoms with Gasteiger partial charge in [0, 0.05) is 9.77 Å². The number of aromatic hydroxyl groups is 1. The van der Waals surface area contributed by atoms with E-state index in [1.54, 1.807) is 22.6 Å². The zero-order chi connectivity index (χ0) is 10.0. The first-order valence-corrected chi connectivity index (χ1v) is 4.26. The smallest absolute Gasteiger partial charge is 0.284 e. The maximum Gasteiger partial charge on any atom is 0.284 e. The van der Waals surface area contributed by atoms with Crippen LogP contribution in [0.25, 0.3) is 0 Å². The first kappa shape index (κ1) is 10.3. The molecule has 6 heteroatoms. The van der Waals surface area contributed by atoms with Crippen LogP contribution in [0.5, 0.6) is 5.75 Å². The molecule has 0 fully saturated rings. The highest BCUT2D eigenvalue weighted by Crippen LogP contribution is 2.30. The number of hydrogen-bond donors (Lipinski definition) is 1. The van der Waals surface area contributed by atoms with Gasteiger partial charge in [-0.15, -0.1) is 0 Å². The summed E-state index contributed by atoms with van der Waals surface area (Å²) in [4.78, 5) is 13.7. The van der Waals surface area contributed by atoms with E-state index < -0.39 is 17.9 Å². The predicted octanol–water partition coefficient (Wildman–Crippen LogP) is 2.14. The van der Waals surface area contributed by atoms with Gasteiger partial charge in [0.25, 0.3) is 6.43 Å². The molecule has 1 rings (SSSR count). The number of hydrogen-bond acceptors (Lipinski definition) is 3. The molecule has 0 radical (unpaired) electrons. The fourth-order valence-corrected chi connectivity index (χ4v) is 1.30. The zero-order valence-corrected chi connectivity index (χ0v) is 8.33. The van der Waals surface area contributed by atoms with E-state index >= 15 is 0 Å². The van der Waals surface area contributed by atoms with E-state index in [4.69, 9.17) is 5.11 Å². The molecule has 1 heterocycles. The van der Waals surface area contributed by atoms with Gasteiger partial charge in [0.05, 0.1) is 5.56 Å². The van der Waals surface area contributed by atoms with Gasteiger partial charge in [0.15, 0.2) is 12.0 Å². The number of rotatable bonds is 2. The average molecular weight is 299 g/mol. The van der Waals surface area contributed by atoms with Crippen LogP contribution in [0.3, 0.4) is 0 Å². The minimum absolute atomic E-state index is 0.147. The third kappa shape index (κ3) is 1.93. The summed E-state index contributed by atoms with van der Waals surface area (Å²) in [6.45, 7) is 0. The van der Waals surface area contributed by atoms with Crippen molar-refractivity contribution in [3.8, 4) is 5.75 Å². The molecule has 0 aliphatic carbocycles. The molecule has 13 heavy (non-hydrogen) atoms. The number of halogens is 3. The van der Waals surface area contributed by atoms with Crippen molar-refractivity contribution < 1.29 is 18.7 Å². The molecule has 0 saturated heterocycles. The topological polar surface area (TPSA) is 50.2 Å². The van der Waals surface area contributed by atoms with E-state index in [2.05, 4.69) is 4.98 Å². The number of alkyl halides is 2. The Labute approximate surface area is 85.9 Å². The van der Waals surface area contributed by atoms with Gasteiger partial charge in [-0.25, -0.2) is 8.78 Å². The summed E-state index contributed by atoms with van der Waals surface area (Å²) in [5.41, 5.74) is -0.909. The Morgan fingerprint density at radius 1 is 1.62 bits per heavy atom. The average Bonchev–Trinajstić information content (AvgIpc) is 2.04. The Kier molecular flexibility index (Phi) is 3.12. The Hall–Kier alpha value is -0.790. The molecule has 0 bridgehead atoms. The number of carbonyl (C=O) groups excluding carboxylic acids is 1.